The van der Waals surface area contributed by atoms with Gasteiger partial charge in [0.1, 0.15) is 6.54 Å². The van der Waals surface area contributed by atoms with Crippen LogP contribution >= 0.6 is 11.3 Å². The Hall–Kier alpha value is -2.41. The van der Waals surface area contributed by atoms with Crippen molar-refractivity contribution in [2.24, 2.45) is 4.99 Å². The minimum Gasteiger partial charge on any atom is -0.357 e. The van der Waals surface area contributed by atoms with Gasteiger partial charge in [-0.3, -0.25) is 9.78 Å². The second-order valence-electron chi connectivity index (χ2n) is 5.96. The second kappa shape index (κ2) is 10.6. The molecule has 0 unspecified atom stereocenters. The summed E-state index contributed by atoms with van der Waals surface area (Å²) in [5, 5.41) is 8.54. The van der Waals surface area contributed by atoms with Gasteiger partial charge in [0.25, 0.3) is 0 Å². The van der Waals surface area contributed by atoms with E-state index in [-0.39, 0.29) is 12.5 Å². The Labute approximate surface area is 159 Å². The normalized spacial score (nSPS) is 11.3. The van der Waals surface area contributed by atoms with Gasteiger partial charge in [0.05, 0.1) is 6.54 Å². The number of nitrogens with one attached hydrogen (secondary N) is 2. The second-order valence-corrected chi connectivity index (χ2v) is 6.96. The lowest BCUT2D eigenvalue weighted by Gasteiger charge is -2.16. The van der Waals surface area contributed by atoms with Gasteiger partial charge in [-0.15, -0.1) is 11.3 Å². The van der Waals surface area contributed by atoms with E-state index < -0.39 is 0 Å². The number of aryl methyl sites for hydroxylation is 1. The van der Waals surface area contributed by atoms with Crippen LogP contribution in [0.4, 0.5) is 0 Å². The maximum Gasteiger partial charge on any atom is 0.244 e. The summed E-state index contributed by atoms with van der Waals surface area (Å²) in [7, 11) is 1.80. The number of thiophene rings is 1. The van der Waals surface area contributed by atoms with Gasteiger partial charge in [-0.1, -0.05) is 6.07 Å². The fraction of sp³-hybridized carbons (Fsp3) is 0.421. The Morgan fingerprint density at radius 3 is 2.81 bits per heavy atom. The third-order valence-electron chi connectivity index (χ3n) is 3.96. The van der Waals surface area contributed by atoms with E-state index in [0.717, 1.165) is 18.7 Å². The zero-order chi connectivity index (χ0) is 18.8. The number of carbonyl (C=O) groups is 1. The summed E-state index contributed by atoms with van der Waals surface area (Å²) in [4.78, 5) is 24.0. The van der Waals surface area contributed by atoms with Crippen molar-refractivity contribution in [3.63, 3.8) is 0 Å². The fourth-order valence-corrected chi connectivity index (χ4v) is 3.16. The van der Waals surface area contributed by atoms with E-state index in [2.05, 4.69) is 39.0 Å². The topological polar surface area (TPSA) is 69.6 Å². The molecule has 0 aliphatic rings. The molecular weight excluding hydrogens is 346 g/mol. The van der Waals surface area contributed by atoms with Crippen molar-refractivity contribution in [2.75, 3.05) is 26.7 Å². The average Bonchev–Trinajstić information content (AvgIpc) is 3.07. The maximum absolute atomic E-state index is 12.3. The third-order valence-corrected chi connectivity index (χ3v) is 4.98. The predicted octanol–water partition coefficient (Wildman–Crippen LogP) is 2.21. The van der Waals surface area contributed by atoms with Gasteiger partial charge in [0.15, 0.2) is 5.96 Å². The van der Waals surface area contributed by atoms with E-state index in [1.165, 1.54) is 10.4 Å². The van der Waals surface area contributed by atoms with Gasteiger partial charge < -0.3 is 15.5 Å². The van der Waals surface area contributed by atoms with Crippen LogP contribution in [0, 0.1) is 6.92 Å². The highest BCUT2D eigenvalue weighted by atomic mass is 32.1. The molecule has 0 saturated carbocycles. The molecule has 26 heavy (non-hydrogen) atoms. The summed E-state index contributed by atoms with van der Waals surface area (Å²) in [6, 6.07) is 7.92. The van der Waals surface area contributed by atoms with Gasteiger partial charge in [-0.25, -0.2) is 4.99 Å². The number of guanidine groups is 1. The minimum absolute atomic E-state index is 0.00885. The average molecular weight is 374 g/mol. The minimum atomic E-state index is -0.00885. The number of amides is 1. The van der Waals surface area contributed by atoms with Crippen molar-refractivity contribution >= 4 is 23.2 Å². The van der Waals surface area contributed by atoms with Gasteiger partial charge in [-0.2, -0.15) is 0 Å². The number of carbonyl (C=O) groups excluding carboxylic acids is 1. The summed E-state index contributed by atoms with van der Waals surface area (Å²) in [5.41, 5.74) is 2.25. The van der Waals surface area contributed by atoms with Crippen molar-refractivity contribution in [1.29, 1.82) is 0 Å². The van der Waals surface area contributed by atoms with Crippen LogP contribution in [0.15, 0.2) is 40.8 Å². The van der Waals surface area contributed by atoms with E-state index in [1.807, 2.05) is 25.1 Å². The molecule has 0 bridgehead atoms. The van der Waals surface area contributed by atoms with Gasteiger partial charge in [-0.05, 0) is 43.0 Å². The van der Waals surface area contributed by atoms with Crippen LogP contribution < -0.4 is 10.6 Å². The lowest BCUT2D eigenvalue weighted by atomic mass is 10.2. The van der Waals surface area contributed by atoms with Crippen molar-refractivity contribution in [3.05, 3.63) is 52.0 Å². The summed E-state index contributed by atoms with van der Waals surface area (Å²) in [6.45, 7) is 6.31. The van der Waals surface area contributed by atoms with Crippen molar-refractivity contribution in [1.82, 2.24) is 20.5 Å². The molecule has 0 atom stereocenters. The number of rotatable bonds is 8. The van der Waals surface area contributed by atoms with Crippen LogP contribution in [0.25, 0.3) is 0 Å². The molecule has 0 spiro atoms. The molecule has 6 nitrogen and oxygen atoms in total. The van der Waals surface area contributed by atoms with Gasteiger partial charge >= 0.3 is 0 Å². The van der Waals surface area contributed by atoms with Crippen LogP contribution in [0.3, 0.4) is 0 Å². The van der Waals surface area contributed by atoms with E-state index in [4.69, 9.17) is 0 Å². The Bertz CT molecular complexity index is 714. The number of hydrogen-bond acceptors (Lipinski definition) is 4. The number of nitrogens with zero attached hydrogens (tertiary/aromatic N) is 3. The number of aliphatic imine (C=N–C) groups is 1. The van der Waals surface area contributed by atoms with E-state index >= 15 is 0 Å². The van der Waals surface area contributed by atoms with Gasteiger partial charge in [0.2, 0.25) is 5.91 Å². The lowest BCUT2D eigenvalue weighted by molar-refractivity contribution is -0.128. The highest BCUT2D eigenvalue weighted by Gasteiger charge is 2.09. The number of hydrogen-bond donors (Lipinski definition) is 2. The smallest absolute Gasteiger partial charge is 0.244 e. The Balaban J connectivity index is 1.82. The molecule has 0 fully saturated rings. The van der Waals surface area contributed by atoms with E-state index in [9.17, 15) is 4.79 Å². The molecule has 0 aliphatic heterocycles. The first-order chi connectivity index (χ1) is 12.6. The molecular formula is C19H27N5OS. The first-order valence-corrected chi connectivity index (χ1v) is 9.67. The summed E-state index contributed by atoms with van der Waals surface area (Å²) in [5.74, 6) is 0.650. The SMILES string of the molecule is CCNC(=NCC(=O)N(C)CCc1ccccn1)NCc1sccc1C. The molecule has 1 amide bonds. The molecule has 0 aromatic carbocycles. The van der Waals surface area contributed by atoms with Crippen LogP contribution in [0.1, 0.15) is 23.1 Å². The molecule has 7 heteroatoms. The third kappa shape index (κ3) is 6.48. The quantitative estimate of drug-likeness (QED) is 0.550. The molecule has 0 radical (unpaired) electrons. The predicted molar refractivity (Wildman–Crippen MR) is 107 cm³/mol. The highest BCUT2D eigenvalue weighted by Crippen LogP contribution is 2.14. The molecule has 2 aromatic rings. The summed E-state index contributed by atoms with van der Waals surface area (Å²) < 4.78 is 0. The largest absolute Gasteiger partial charge is 0.357 e. The monoisotopic (exact) mass is 373 g/mol. The van der Waals surface area contributed by atoms with Crippen LogP contribution in [-0.4, -0.2) is 48.4 Å². The maximum atomic E-state index is 12.3. The van der Waals surface area contributed by atoms with E-state index in [1.54, 1.807) is 29.5 Å². The standard InChI is InChI=1S/C19H27N5OS/c1-4-20-19(22-13-17-15(2)9-12-26-17)23-14-18(25)24(3)11-8-16-7-5-6-10-21-16/h5-7,9-10,12H,4,8,11,13-14H2,1-3H3,(H2,20,22,23). The van der Waals surface area contributed by atoms with Crippen LogP contribution in [0.5, 0.6) is 0 Å². The summed E-state index contributed by atoms with van der Waals surface area (Å²) >= 11 is 1.72. The fourth-order valence-electron chi connectivity index (χ4n) is 2.31. The Morgan fingerprint density at radius 1 is 1.31 bits per heavy atom. The zero-order valence-corrected chi connectivity index (χ0v) is 16.5. The molecule has 2 aromatic heterocycles. The zero-order valence-electron chi connectivity index (χ0n) is 15.7. The number of aromatic nitrogens is 1. The molecule has 0 aliphatic carbocycles. The molecule has 0 saturated heterocycles. The van der Waals surface area contributed by atoms with Crippen molar-refractivity contribution in [3.8, 4) is 0 Å². The molecule has 2 rings (SSSR count). The Morgan fingerprint density at radius 2 is 2.15 bits per heavy atom. The van der Waals surface area contributed by atoms with Crippen LogP contribution in [0.2, 0.25) is 0 Å². The molecule has 2 N–H and O–H groups in total. The molecule has 140 valence electrons. The van der Waals surface area contributed by atoms with Crippen molar-refractivity contribution < 1.29 is 4.79 Å². The first kappa shape index (κ1) is 19.9. The lowest BCUT2D eigenvalue weighted by Crippen LogP contribution is -2.38. The highest BCUT2D eigenvalue weighted by molar-refractivity contribution is 7.10. The van der Waals surface area contributed by atoms with Gasteiger partial charge in [0, 0.05) is 43.3 Å². The summed E-state index contributed by atoms with van der Waals surface area (Å²) in [6.07, 6.45) is 2.51. The number of pyridine rings is 1. The first-order valence-electron chi connectivity index (χ1n) is 8.79. The van der Waals surface area contributed by atoms with E-state index in [0.29, 0.717) is 19.0 Å². The van der Waals surface area contributed by atoms with Crippen molar-refractivity contribution in [2.45, 2.75) is 26.8 Å². The van der Waals surface area contributed by atoms with Crippen LogP contribution in [-0.2, 0) is 17.8 Å². The molecule has 2 heterocycles. The number of likely N-dealkylation sites (N-methyl/N-ethyl adjacent to an activating group) is 1. The Kier molecular flexibility index (Phi) is 8.08.